The van der Waals surface area contributed by atoms with E-state index in [1.807, 2.05) is 6.07 Å². The molecular weight excluding hydrogens is 440 g/mol. The third-order valence-corrected chi connectivity index (χ3v) is 6.53. The number of aliphatic hydroxyl groups is 2. The molecule has 0 amide bonds. The van der Waals surface area contributed by atoms with Crippen LogP contribution in [0.15, 0.2) is 29.2 Å². The number of aromatic carboxylic acids is 1. The predicted molar refractivity (Wildman–Crippen MR) is 117 cm³/mol. The molecule has 0 spiro atoms. The molecule has 1 fully saturated rings. The van der Waals surface area contributed by atoms with Crippen molar-refractivity contribution in [1.29, 1.82) is 0 Å². The lowest BCUT2D eigenvalue weighted by molar-refractivity contribution is 0.0693. The van der Waals surface area contributed by atoms with Gasteiger partial charge < -0.3 is 24.8 Å². The maximum Gasteiger partial charge on any atom is 0.341 e. The Balaban J connectivity index is 1.89. The molecule has 0 unspecified atom stereocenters. The standard InChI is InChI=1S/C22H25ClN2O7/c1-31-5-2-6-32-20-8-14-13(7-16(20)23)18-9-19(28)15(21(29)30)10-24(18)25-17(14)3-4-22(25,11-26)12-27/h7-10,17,26-27H,2-6,11-12H2,1H3,(H,29,30)/t17-/m1/s1. The highest BCUT2D eigenvalue weighted by Crippen LogP contribution is 2.50. The molecule has 9 nitrogen and oxygen atoms in total. The molecule has 0 bridgehead atoms. The van der Waals surface area contributed by atoms with E-state index in [0.29, 0.717) is 54.5 Å². The van der Waals surface area contributed by atoms with Crippen LogP contribution in [-0.4, -0.2) is 65.0 Å². The van der Waals surface area contributed by atoms with E-state index in [9.17, 15) is 24.9 Å². The van der Waals surface area contributed by atoms with Crippen LogP contribution >= 0.6 is 11.6 Å². The lowest BCUT2D eigenvalue weighted by Crippen LogP contribution is -2.58. The maximum absolute atomic E-state index is 12.5. The zero-order chi connectivity index (χ0) is 23.0. The highest BCUT2D eigenvalue weighted by Gasteiger charge is 2.50. The number of hydrogen-bond acceptors (Lipinski definition) is 7. The van der Waals surface area contributed by atoms with E-state index in [-0.39, 0.29) is 19.3 Å². The Morgan fingerprint density at radius 3 is 2.66 bits per heavy atom. The summed E-state index contributed by atoms with van der Waals surface area (Å²) in [4.78, 5) is 24.1. The van der Waals surface area contributed by atoms with E-state index in [1.165, 1.54) is 12.3 Å². The number of fused-ring (bicyclic) bond motifs is 6. The zero-order valence-corrected chi connectivity index (χ0v) is 18.3. The molecule has 0 radical (unpaired) electrons. The van der Waals surface area contributed by atoms with E-state index in [4.69, 9.17) is 21.1 Å². The Bertz CT molecular complexity index is 1100. The van der Waals surface area contributed by atoms with Crippen molar-refractivity contribution in [3.8, 4) is 17.0 Å². The monoisotopic (exact) mass is 464 g/mol. The first kappa shape index (κ1) is 22.6. The lowest BCUT2D eigenvalue weighted by atomic mass is 9.94. The summed E-state index contributed by atoms with van der Waals surface area (Å²) >= 11 is 6.48. The summed E-state index contributed by atoms with van der Waals surface area (Å²) < 4.78 is 12.4. The van der Waals surface area contributed by atoms with Crippen LogP contribution in [0.3, 0.4) is 0 Å². The van der Waals surface area contributed by atoms with Crippen molar-refractivity contribution in [2.45, 2.75) is 30.8 Å². The molecule has 3 N–H and O–H groups in total. The number of halogens is 1. The van der Waals surface area contributed by atoms with Crippen LogP contribution in [0.25, 0.3) is 11.3 Å². The number of carboxylic acid groups (broad SMARTS) is 1. The fraction of sp³-hybridized carbons (Fsp3) is 0.455. The number of pyridine rings is 1. The summed E-state index contributed by atoms with van der Waals surface area (Å²) in [6.07, 6.45) is 3.02. The highest BCUT2D eigenvalue weighted by atomic mass is 35.5. The van der Waals surface area contributed by atoms with Crippen LogP contribution in [0.2, 0.25) is 5.02 Å². The van der Waals surface area contributed by atoms with Gasteiger partial charge in [0.15, 0.2) is 5.43 Å². The van der Waals surface area contributed by atoms with Gasteiger partial charge >= 0.3 is 5.97 Å². The Hall–Kier alpha value is -2.59. The molecule has 0 saturated carbocycles. The highest BCUT2D eigenvalue weighted by molar-refractivity contribution is 6.32. The molecule has 2 aliphatic heterocycles. The molecule has 0 aliphatic carbocycles. The average Bonchev–Trinajstić information content (AvgIpc) is 3.17. The number of methoxy groups -OCH3 is 1. The fourth-order valence-corrected chi connectivity index (χ4v) is 4.84. The van der Waals surface area contributed by atoms with Crippen molar-refractivity contribution in [3.05, 3.63) is 50.8 Å². The number of benzene rings is 1. The topological polar surface area (TPSA) is 121 Å². The van der Waals surface area contributed by atoms with Crippen molar-refractivity contribution < 1.29 is 29.6 Å². The molecule has 172 valence electrons. The quantitative estimate of drug-likeness (QED) is 0.505. The summed E-state index contributed by atoms with van der Waals surface area (Å²) in [6, 6.07) is 4.51. The minimum absolute atomic E-state index is 0.278. The van der Waals surface area contributed by atoms with Crippen LogP contribution < -0.4 is 15.2 Å². The third kappa shape index (κ3) is 3.55. The van der Waals surface area contributed by atoms with Gasteiger partial charge in [-0.15, -0.1) is 0 Å². The van der Waals surface area contributed by atoms with Crippen LogP contribution in [0, 0.1) is 0 Å². The van der Waals surface area contributed by atoms with Gasteiger partial charge in [0, 0.05) is 38.0 Å². The van der Waals surface area contributed by atoms with E-state index >= 15 is 0 Å². The fourth-order valence-electron chi connectivity index (χ4n) is 4.62. The Kier molecular flexibility index (Phi) is 6.17. The number of nitrogens with zero attached hydrogens (tertiary/aromatic N) is 2. The number of carboxylic acids is 1. The van der Waals surface area contributed by atoms with Crippen LogP contribution in [0.4, 0.5) is 0 Å². The molecule has 1 aromatic carbocycles. The summed E-state index contributed by atoms with van der Waals surface area (Å²) in [5.74, 6) is -0.854. The van der Waals surface area contributed by atoms with Gasteiger partial charge in [0.25, 0.3) is 0 Å². The van der Waals surface area contributed by atoms with Gasteiger partial charge in [-0.3, -0.25) is 14.5 Å². The average molecular weight is 465 g/mol. The van der Waals surface area contributed by atoms with E-state index < -0.39 is 22.5 Å². The van der Waals surface area contributed by atoms with Crippen molar-refractivity contribution in [2.75, 3.05) is 38.5 Å². The number of hydrogen-bond donors (Lipinski definition) is 3. The SMILES string of the molecule is COCCCOc1cc2c(cc1Cl)-c1cc(=O)c(C(=O)O)cn1N1[C@@H]2CCC1(CO)CO. The molecule has 1 aromatic heterocycles. The van der Waals surface area contributed by atoms with E-state index in [2.05, 4.69) is 0 Å². The number of aliphatic hydroxyl groups excluding tert-OH is 2. The molecule has 2 aromatic rings. The second-order valence-corrected chi connectivity index (χ2v) is 8.50. The first-order valence-electron chi connectivity index (χ1n) is 10.3. The summed E-state index contributed by atoms with van der Waals surface area (Å²) in [6.45, 7) is 0.293. The molecule has 1 atom stereocenters. The van der Waals surface area contributed by atoms with Gasteiger partial charge in [0.05, 0.1) is 36.6 Å². The first-order chi connectivity index (χ1) is 15.4. The van der Waals surface area contributed by atoms with Crippen molar-refractivity contribution in [1.82, 2.24) is 4.68 Å². The molecule has 10 heteroatoms. The minimum Gasteiger partial charge on any atom is -0.492 e. The van der Waals surface area contributed by atoms with E-state index in [1.54, 1.807) is 22.9 Å². The summed E-state index contributed by atoms with van der Waals surface area (Å²) in [7, 11) is 1.62. The van der Waals surface area contributed by atoms with Gasteiger partial charge in [-0.2, -0.15) is 0 Å². The van der Waals surface area contributed by atoms with Crippen LogP contribution in [-0.2, 0) is 4.74 Å². The van der Waals surface area contributed by atoms with Gasteiger partial charge in [-0.05, 0) is 30.5 Å². The number of carbonyl (C=O) groups is 1. The van der Waals surface area contributed by atoms with Crippen molar-refractivity contribution >= 4 is 17.6 Å². The normalized spacial score (nSPS) is 18.1. The molecule has 32 heavy (non-hydrogen) atoms. The predicted octanol–water partition coefficient (Wildman–Crippen LogP) is 1.79. The number of aromatic nitrogens is 1. The second kappa shape index (κ2) is 8.74. The molecule has 3 heterocycles. The second-order valence-electron chi connectivity index (χ2n) is 8.09. The Morgan fingerprint density at radius 1 is 1.25 bits per heavy atom. The number of rotatable bonds is 8. The van der Waals surface area contributed by atoms with Crippen LogP contribution in [0.1, 0.15) is 41.2 Å². The first-order valence-corrected chi connectivity index (χ1v) is 10.7. The lowest BCUT2D eigenvalue weighted by Gasteiger charge is -2.46. The smallest absolute Gasteiger partial charge is 0.341 e. The third-order valence-electron chi connectivity index (χ3n) is 6.24. The van der Waals surface area contributed by atoms with Gasteiger partial charge in [0.2, 0.25) is 0 Å². The molecule has 4 rings (SSSR count). The summed E-state index contributed by atoms with van der Waals surface area (Å²) in [5, 5.41) is 32.0. The Morgan fingerprint density at radius 2 is 2.00 bits per heavy atom. The molecule has 2 aliphatic rings. The van der Waals surface area contributed by atoms with Gasteiger partial charge in [-0.25, -0.2) is 4.79 Å². The zero-order valence-electron chi connectivity index (χ0n) is 17.6. The molecular formula is C22H25ClN2O7. The summed E-state index contributed by atoms with van der Waals surface area (Å²) in [5.41, 5.74) is -0.0872. The Labute approximate surface area is 189 Å². The van der Waals surface area contributed by atoms with Crippen molar-refractivity contribution in [2.24, 2.45) is 0 Å². The minimum atomic E-state index is -1.34. The van der Waals surface area contributed by atoms with Crippen LogP contribution in [0.5, 0.6) is 5.75 Å². The number of ether oxygens (including phenoxy) is 2. The van der Waals surface area contributed by atoms with Crippen molar-refractivity contribution in [3.63, 3.8) is 0 Å². The van der Waals surface area contributed by atoms with Gasteiger partial charge in [-0.1, -0.05) is 11.6 Å². The molecule has 1 saturated heterocycles. The van der Waals surface area contributed by atoms with E-state index in [0.717, 1.165) is 5.56 Å². The largest absolute Gasteiger partial charge is 0.492 e. The maximum atomic E-state index is 12.5. The van der Waals surface area contributed by atoms with Gasteiger partial charge in [0.1, 0.15) is 16.9 Å².